The van der Waals surface area contributed by atoms with Crippen LogP contribution in [0, 0.1) is 11.8 Å². The number of halogens is 3. The summed E-state index contributed by atoms with van der Waals surface area (Å²) in [4.78, 5) is 17.3. The number of carbonyl (C=O) groups is 1. The van der Waals surface area contributed by atoms with E-state index in [-0.39, 0.29) is 42.7 Å². The maximum absolute atomic E-state index is 14.2. The minimum atomic E-state index is -1.62. The van der Waals surface area contributed by atoms with Crippen molar-refractivity contribution >= 4 is 11.9 Å². The van der Waals surface area contributed by atoms with Crippen LogP contribution in [0.4, 0.5) is 13.2 Å². The van der Waals surface area contributed by atoms with Crippen molar-refractivity contribution in [1.29, 1.82) is 0 Å². The van der Waals surface area contributed by atoms with Crippen molar-refractivity contribution in [2.24, 2.45) is 16.8 Å². The Hall–Kier alpha value is -1.39. The molecule has 29 heavy (non-hydrogen) atoms. The van der Waals surface area contributed by atoms with E-state index in [1.165, 1.54) is 0 Å². The van der Waals surface area contributed by atoms with Crippen LogP contribution < -0.4 is 21.5 Å². The highest BCUT2D eigenvalue weighted by atomic mass is 19.2. The summed E-state index contributed by atoms with van der Waals surface area (Å²) in [5.41, 5.74) is 6.00. The van der Waals surface area contributed by atoms with Gasteiger partial charge in [-0.2, -0.15) is 0 Å². The maximum Gasteiger partial charge on any atom is 0.229 e. The molecule has 0 aromatic carbocycles. The first-order valence-corrected chi connectivity index (χ1v) is 10.5. The highest BCUT2D eigenvalue weighted by molar-refractivity contribution is 5.98. The van der Waals surface area contributed by atoms with E-state index in [0.29, 0.717) is 19.4 Å². The summed E-state index contributed by atoms with van der Waals surface area (Å²) in [6, 6.07) is -0.446. The third kappa shape index (κ3) is 5.61. The Morgan fingerprint density at radius 3 is 2.66 bits per heavy atom. The van der Waals surface area contributed by atoms with Crippen molar-refractivity contribution in [3.05, 3.63) is 0 Å². The first kappa shape index (κ1) is 22.3. The predicted molar refractivity (Wildman–Crippen MR) is 103 cm³/mol. The minimum Gasteiger partial charge on any atom is -0.383 e. The second kappa shape index (κ2) is 10.1. The summed E-state index contributed by atoms with van der Waals surface area (Å²) in [6.07, 6.45) is -2.10. The van der Waals surface area contributed by atoms with Crippen LogP contribution in [0.15, 0.2) is 4.99 Å². The number of carbonyl (C=O) groups excluding carboxylic acids is 1. The number of rotatable bonds is 5. The standard InChI is InChI=1S/C19H32F3N5O2/c1-10(9-29-2)23-19(25-18(28)11-6-7-13(20)15(22)8-11)24-17-12-4-3-5-14(21)16(12)26-27-17/h10-17,26-27H,3-9H2,1-2H3,(H2,23,24,25,28)/t10-,11?,12?,13?,14?,15?,16?,17?/m0/s1. The van der Waals surface area contributed by atoms with Gasteiger partial charge in [0, 0.05) is 25.0 Å². The molecule has 3 aliphatic rings. The number of hydrogen-bond acceptors (Lipinski definition) is 5. The number of ether oxygens (including phenoxy) is 1. The van der Waals surface area contributed by atoms with Crippen molar-refractivity contribution in [3.63, 3.8) is 0 Å². The van der Waals surface area contributed by atoms with E-state index in [1.54, 1.807) is 7.11 Å². The molecule has 8 atom stereocenters. The lowest BCUT2D eigenvalue weighted by Gasteiger charge is -2.29. The number of methoxy groups -OCH3 is 1. The van der Waals surface area contributed by atoms with E-state index in [1.807, 2.05) is 6.92 Å². The largest absolute Gasteiger partial charge is 0.383 e. The zero-order chi connectivity index (χ0) is 21.0. The Morgan fingerprint density at radius 1 is 1.14 bits per heavy atom. The van der Waals surface area contributed by atoms with E-state index in [0.717, 1.165) is 12.8 Å². The normalized spacial score (nSPS) is 38.9. The summed E-state index contributed by atoms with van der Waals surface area (Å²) in [6.45, 7) is 2.27. The lowest BCUT2D eigenvalue weighted by Crippen LogP contribution is -2.50. The average Bonchev–Trinajstić information content (AvgIpc) is 3.08. The summed E-state index contributed by atoms with van der Waals surface area (Å²) < 4.78 is 46.4. The monoisotopic (exact) mass is 419 g/mol. The summed E-state index contributed by atoms with van der Waals surface area (Å²) >= 11 is 0. The van der Waals surface area contributed by atoms with Crippen LogP contribution in [-0.4, -0.2) is 62.3 Å². The van der Waals surface area contributed by atoms with Crippen molar-refractivity contribution in [1.82, 2.24) is 21.5 Å². The number of nitrogens with zero attached hydrogens (tertiary/aromatic N) is 1. The molecule has 3 rings (SSSR count). The number of alkyl halides is 3. The van der Waals surface area contributed by atoms with Gasteiger partial charge in [-0.1, -0.05) is 6.42 Å². The van der Waals surface area contributed by atoms with E-state index < -0.39 is 30.6 Å². The number of hydrogen-bond donors (Lipinski definition) is 4. The van der Waals surface area contributed by atoms with Crippen molar-refractivity contribution in [2.75, 3.05) is 13.7 Å². The number of fused-ring (bicyclic) bond motifs is 1. The average molecular weight is 419 g/mol. The molecule has 1 saturated heterocycles. The number of guanidine groups is 1. The molecule has 0 spiro atoms. The third-order valence-corrected chi connectivity index (χ3v) is 6.05. The van der Waals surface area contributed by atoms with E-state index in [9.17, 15) is 18.0 Å². The molecule has 1 aliphatic heterocycles. The molecule has 0 radical (unpaired) electrons. The van der Waals surface area contributed by atoms with Gasteiger partial charge in [-0.15, -0.1) is 0 Å². The molecule has 2 aliphatic carbocycles. The van der Waals surface area contributed by atoms with Crippen molar-refractivity contribution in [2.45, 2.75) is 82.2 Å². The number of amides is 1. The van der Waals surface area contributed by atoms with Gasteiger partial charge in [-0.3, -0.25) is 10.1 Å². The molecule has 10 heteroatoms. The Morgan fingerprint density at radius 2 is 1.93 bits per heavy atom. The lowest BCUT2D eigenvalue weighted by molar-refractivity contribution is -0.125. The van der Waals surface area contributed by atoms with Gasteiger partial charge in [-0.25, -0.2) is 29.0 Å². The molecule has 0 aromatic rings. The Bertz CT molecular complexity index is 596. The quantitative estimate of drug-likeness (QED) is 0.401. The van der Waals surface area contributed by atoms with Crippen molar-refractivity contribution < 1.29 is 22.7 Å². The maximum atomic E-state index is 14.2. The zero-order valence-electron chi connectivity index (χ0n) is 17.0. The molecule has 0 aromatic heterocycles. The molecule has 166 valence electrons. The van der Waals surface area contributed by atoms with Gasteiger partial charge < -0.3 is 10.1 Å². The second-order valence-electron chi connectivity index (χ2n) is 8.38. The van der Waals surface area contributed by atoms with Crippen LogP contribution in [0.3, 0.4) is 0 Å². The van der Waals surface area contributed by atoms with E-state index >= 15 is 0 Å². The highest BCUT2D eigenvalue weighted by Crippen LogP contribution is 2.32. The van der Waals surface area contributed by atoms with Gasteiger partial charge in [0.1, 0.15) is 24.7 Å². The zero-order valence-corrected chi connectivity index (χ0v) is 17.0. The lowest BCUT2D eigenvalue weighted by atomic mass is 9.83. The van der Waals surface area contributed by atoms with Gasteiger partial charge in [0.2, 0.25) is 5.91 Å². The Labute approximate surface area is 169 Å². The molecule has 0 bridgehead atoms. The molecular weight excluding hydrogens is 387 g/mol. The van der Waals surface area contributed by atoms with E-state index in [4.69, 9.17) is 4.74 Å². The molecule has 4 N–H and O–H groups in total. The minimum absolute atomic E-state index is 0.0256. The number of hydrazine groups is 1. The summed E-state index contributed by atoms with van der Waals surface area (Å²) in [5.74, 6) is -0.778. The fourth-order valence-corrected chi connectivity index (χ4v) is 4.45. The summed E-state index contributed by atoms with van der Waals surface area (Å²) in [5, 5.41) is 5.84. The van der Waals surface area contributed by atoms with E-state index in [2.05, 4.69) is 26.5 Å². The first-order chi connectivity index (χ1) is 13.9. The molecule has 1 heterocycles. The van der Waals surface area contributed by atoms with Gasteiger partial charge >= 0.3 is 0 Å². The molecule has 7 nitrogen and oxygen atoms in total. The van der Waals surface area contributed by atoms with Crippen LogP contribution in [0.5, 0.6) is 0 Å². The van der Waals surface area contributed by atoms with Crippen molar-refractivity contribution in [3.8, 4) is 0 Å². The van der Waals surface area contributed by atoms with Crippen LogP contribution >= 0.6 is 0 Å². The van der Waals surface area contributed by atoms with Crippen LogP contribution in [0.2, 0.25) is 0 Å². The number of nitrogens with one attached hydrogen (secondary N) is 4. The van der Waals surface area contributed by atoms with Gasteiger partial charge in [0.25, 0.3) is 0 Å². The Balaban J connectivity index is 1.69. The third-order valence-electron chi connectivity index (χ3n) is 6.05. The Kier molecular flexibility index (Phi) is 7.75. The fraction of sp³-hybridized carbons (Fsp3) is 0.895. The van der Waals surface area contributed by atoms with Gasteiger partial charge in [0.05, 0.1) is 12.6 Å². The topological polar surface area (TPSA) is 86.8 Å². The first-order valence-electron chi connectivity index (χ1n) is 10.5. The molecule has 7 unspecified atom stereocenters. The summed E-state index contributed by atoms with van der Waals surface area (Å²) in [7, 11) is 1.57. The highest BCUT2D eigenvalue weighted by Gasteiger charge is 2.43. The van der Waals surface area contributed by atoms with Crippen LogP contribution in [0.25, 0.3) is 0 Å². The molecular formula is C19H32F3N5O2. The van der Waals surface area contributed by atoms with Crippen LogP contribution in [0.1, 0.15) is 45.4 Å². The molecule has 2 saturated carbocycles. The molecule has 1 amide bonds. The SMILES string of the molecule is COC[C@H](C)N/C(=N\C1NNC2C(F)CCCC12)NC(=O)C1CCC(F)C(F)C1. The van der Waals surface area contributed by atoms with Gasteiger partial charge in [-0.05, 0) is 39.0 Å². The fourth-order valence-electron chi connectivity index (χ4n) is 4.45. The van der Waals surface area contributed by atoms with Gasteiger partial charge in [0.15, 0.2) is 5.96 Å². The number of aliphatic imine (C=N–C) groups is 1. The predicted octanol–water partition coefficient (Wildman–Crippen LogP) is 1.50. The second-order valence-corrected chi connectivity index (χ2v) is 8.38. The van der Waals surface area contributed by atoms with Crippen LogP contribution in [-0.2, 0) is 9.53 Å². The smallest absolute Gasteiger partial charge is 0.229 e. The molecule has 3 fully saturated rings.